The maximum atomic E-state index is 13.2. The molecule has 0 saturated heterocycles. The summed E-state index contributed by atoms with van der Waals surface area (Å²) in [5, 5.41) is 9.13. The standard InChI is InChI=1S/C15H11F2NO2/c16-11-5-3-9(7-12(11)17)13-6-4-10(15(19)20)14(18-13)8-1-2-8/h3-8H,1-2H2,(H,19,20). The molecule has 1 aromatic heterocycles. The average molecular weight is 275 g/mol. The molecule has 1 heterocycles. The van der Waals surface area contributed by atoms with E-state index in [1.54, 1.807) is 0 Å². The van der Waals surface area contributed by atoms with Gasteiger partial charge in [0.15, 0.2) is 11.6 Å². The maximum Gasteiger partial charge on any atom is 0.337 e. The summed E-state index contributed by atoms with van der Waals surface area (Å²) in [6.45, 7) is 0. The van der Waals surface area contributed by atoms with Gasteiger partial charge in [0.05, 0.1) is 17.0 Å². The predicted octanol–water partition coefficient (Wildman–Crippen LogP) is 3.60. The van der Waals surface area contributed by atoms with Crippen molar-refractivity contribution < 1.29 is 18.7 Å². The van der Waals surface area contributed by atoms with E-state index in [0.29, 0.717) is 17.0 Å². The van der Waals surface area contributed by atoms with Crippen LogP contribution >= 0.6 is 0 Å². The molecule has 1 aliphatic carbocycles. The smallest absolute Gasteiger partial charge is 0.337 e. The fraction of sp³-hybridized carbons (Fsp3) is 0.200. The summed E-state index contributed by atoms with van der Waals surface area (Å²) in [6, 6.07) is 6.52. The minimum Gasteiger partial charge on any atom is -0.478 e. The van der Waals surface area contributed by atoms with Gasteiger partial charge in [-0.15, -0.1) is 0 Å². The van der Waals surface area contributed by atoms with Gasteiger partial charge in [0.25, 0.3) is 0 Å². The molecule has 0 spiro atoms. The van der Waals surface area contributed by atoms with Gasteiger partial charge in [0.1, 0.15) is 0 Å². The summed E-state index contributed by atoms with van der Waals surface area (Å²) in [6.07, 6.45) is 1.82. The minimum atomic E-state index is -1.02. The van der Waals surface area contributed by atoms with Gasteiger partial charge in [-0.2, -0.15) is 0 Å². The zero-order chi connectivity index (χ0) is 14.3. The van der Waals surface area contributed by atoms with E-state index in [9.17, 15) is 13.6 Å². The van der Waals surface area contributed by atoms with Gasteiger partial charge in [-0.1, -0.05) is 0 Å². The monoisotopic (exact) mass is 275 g/mol. The van der Waals surface area contributed by atoms with Gasteiger partial charge >= 0.3 is 5.97 Å². The molecule has 0 atom stereocenters. The first kappa shape index (κ1) is 12.7. The fourth-order valence-electron chi connectivity index (χ4n) is 2.14. The average Bonchev–Trinajstić information content (AvgIpc) is 3.25. The summed E-state index contributed by atoms with van der Waals surface area (Å²) in [4.78, 5) is 15.5. The Balaban J connectivity index is 2.08. The van der Waals surface area contributed by atoms with Crippen molar-refractivity contribution >= 4 is 5.97 Å². The second-order valence-electron chi connectivity index (χ2n) is 4.84. The number of pyridine rings is 1. The number of hydrogen-bond acceptors (Lipinski definition) is 2. The summed E-state index contributed by atoms with van der Waals surface area (Å²) < 4.78 is 26.2. The first-order valence-corrected chi connectivity index (χ1v) is 6.26. The van der Waals surface area contributed by atoms with E-state index in [0.717, 1.165) is 25.0 Å². The molecule has 3 nitrogen and oxygen atoms in total. The van der Waals surface area contributed by atoms with E-state index in [-0.39, 0.29) is 11.5 Å². The lowest BCUT2D eigenvalue weighted by molar-refractivity contribution is 0.0695. The molecule has 0 aliphatic heterocycles. The molecule has 3 rings (SSSR count). The highest BCUT2D eigenvalue weighted by atomic mass is 19.2. The van der Waals surface area contributed by atoms with E-state index in [4.69, 9.17) is 5.11 Å². The third-order valence-corrected chi connectivity index (χ3v) is 3.33. The Morgan fingerprint density at radius 2 is 1.90 bits per heavy atom. The van der Waals surface area contributed by atoms with Crippen molar-refractivity contribution in [2.24, 2.45) is 0 Å². The Kier molecular flexibility index (Phi) is 2.97. The van der Waals surface area contributed by atoms with Crippen LogP contribution in [0.25, 0.3) is 11.3 Å². The molecule has 1 aromatic carbocycles. The number of halogens is 2. The summed E-state index contributed by atoms with van der Waals surface area (Å²) in [7, 11) is 0. The Morgan fingerprint density at radius 3 is 2.50 bits per heavy atom. The lowest BCUT2D eigenvalue weighted by Crippen LogP contribution is -2.04. The molecule has 20 heavy (non-hydrogen) atoms. The molecule has 1 aliphatic rings. The number of benzene rings is 1. The van der Waals surface area contributed by atoms with Crippen molar-refractivity contribution in [1.29, 1.82) is 0 Å². The van der Waals surface area contributed by atoms with Crippen LogP contribution in [-0.4, -0.2) is 16.1 Å². The molecule has 0 bridgehead atoms. The van der Waals surface area contributed by atoms with Gasteiger partial charge in [-0.25, -0.2) is 13.6 Å². The molecule has 5 heteroatoms. The third kappa shape index (κ3) is 2.27. The normalized spacial score (nSPS) is 14.3. The van der Waals surface area contributed by atoms with Gasteiger partial charge < -0.3 is 5.11 Å². The number of aromatic nitrogens is 1. The Labute approximate surface area is 113 Å². The van der Waals surface area contributed by atoms with Crippen molar-refractivity contribution in [2.45, 2.75) is 18.8 Å². The molecular weight excluding hydrogens is 264 g/mol. The van der Waals surface area contributed by atoms with Gasteiger partial charge in [-0.05, 0) is 43.2 Å². The lowest BCUT2D eigenvalue weighted by atomic mass is 10.1. The highest BCUT2D eigenvalue weighted by Gasteiger charge is 2.30. The van der Waals surface area contributed by atoms with Crippen LogP contribution in [-0.2, 0) is 0 Å². The van der Waals surface area contributed by atoms with E-state index >= 15 is 0 Å². The largest absolute Gasteiger partial charge is 0.478 e. The molecular formula is C15H11F2NO2. The second-order valence-corrected chi connectivity index (χ2v) is 4.84. The summed E-state index contributed by atoms with van der Waals surface area (Å²) >= 11 is 0. The summed E-state index contributed by atoms with van der Waals surface area (Å²) in [5.41, 5.74) is 1.59. The van der Waals surface area contributed by atoms with E-state index in [1.165, 1.54) is 18.2 Å². The Morgan fingerprint density at radius 1 is 1.15 bits per heavy atom. The SMILES string of the molecule is O=C(O)c1ccc(-c2ccc(F)c(F)c2)nc1C1CC1. The van der Waals surface area contributed by atoms with Crippen LogP contribution in [0.4, 0.5) is 8.78 Å². The van der Waals surface area contributed by atoms with Gasteiger partial charge in [0.2, 0.25) is 0 Å². The van der Waals surface area contributed by atoms with Crippen molar-refractivity contribution in [3.05, 3.63) is 53.2 Å². The molecule has 1 N–H and O–H groups in total. The fourth-order valence-corrected chi connectivity index (χ4v) is 2.14. The zero-order valence-corrected chi connectivity index (χ0v) is 10.4. The number of carboxylic acids is 1. The Hall–Kier alpha value is -2.30. The number of nitrogens with zero attached hydrogens (tertiary/aromatic N) is 1. The molecule has 1 saturated carbocycles. The maximum absolute atomic E-state index is 13.2. The van der Waals surface area contributed by atoms with Crippen LogP contribution in [0.1, 0.15) is 34.8 Å². The van der Waals surface area contributed by atoms with E-state index < -0.39 is 17.6 Å². The second kappa shape index (κ2) is 4.67. The number of carboxylic acid groups (broad SMARTS) is 1. The molecule has 2 aromatic rings. The van der Waals surface area contributed by atoms with E-state index in [1.807, 2.05) is 0 Å². The first-order valence-electron chi connectivity index (χ1n) is 6.26. The quantitative estimate of drug-likeness (QED) is 0.931. The molecule has 0 amide bonds. The highest BCUT2D eigenvalue weighted by molar-refractivity contribution is 5.89. The van der Waals surface area contributed by atoms with E-state index in [2.05, 4.69) is 4.98 Å². The topological polar surface area (TPSA) is 50.2 Å². The van der Waals surface area contributed by atoms with Crippen LogP contribution < -0.4 is 0 Å². The minimum absolute atomic E-state index is 0.159. The third-order valence-electron chi connectivity index (χ3n) is 3.33. The molecule has 0 radical (unpaired) electrons. The Bertz CT molecular complexity index is 696. The van der Waals surface area contributed by atoms with Crippen molar-refractivity contribution in [2.75, 3.05) is 0 Å². The number of rotatable bonds is 3. The van der Waals surface area contributed by atoms with Gasteiger partial charge in [-0.3, -0.25) is 4.98 Å². The lowest BCUT2D eigenvalue weighted by Gasteiger charge is -2.08. The van der Waals surface area contributed by atoms with Crippen LogP contribution in [0.15, 0.2) is 30.3 Å². The zero-order valence-electron chi connectivity index (χ0n) is 10.4. The molecule has 0 unspecified atom stereocenters. The first-order chi connectivity index (χ1) is 9.56. The van der Waals surface area contributed by atoms with Crippen molar-refractivity contribution in [1.82, 2.24) is 4.98 Å². The van der Waals surface area contributed by atoms with Crippen LogP contribution in [0.2, 0.25) is 0 Å². The number of hydrogen-bond donors (Lipinski definition) is 1. The van der Waals surface area contributed by atoms with Crippen LogP contribution in [0.3, 0.4) is 0 Å². The van der Waals surface area contributed by atoms with Crippen LogP contribution in [0, 0.1) is 11.6 Å². The number of aromatic carboxylic acids is 1. The molecule has 1 fully saturated rings. The van der Waals surface area contributed by atoms with Crippen molar-refractivity contribution in [3.63, 3.8) is 0 Å². The van der Waals surface area contributed by atoms with Crippen LogP contribution in [0.5, 0.6) is 0 Å². The van der Waals surface area contributed by atoms with Crippen molar-refractivity contribution in [3.8, 4) is 11.3 Å². The molecule has 102 valence electrons. The predicted molar refractivity (Wildman–Crippen MR) is 68.5 cm³/mol. The highest BCUT2D eigenvalue weighted by Crippen LogP contribution is 2.41. The summed E-state index contributed by atoms with van der Waals surface area (Å²) in [5.74, 6) is -2.72. The van der Waals surface area contributed by atoms with Gasteiger partial charge in [0, 0.05) is 11.5 Å². The number of carbonyl (C=O) groups is 1.